The fourth-order valence-electron chi connectivity index (χ4n) is 4.89. The molecule has 12 nitrogen and oxygen atoms in total. The van der Waals surface area contributed by atoms with Crippen LogP contribution in [0, 0.1) is 0 Å². The number of pyridine rings is 2. The first-order valence-electron chi connectivity index (χ1n) is 13.7. The molecule has 1 fully saturated rings. The predicted octanol–water partition coefficient (Wildman–Crippen LogP) is 4.79. The summed E-state index contributed by atoms with van der Waals surface area (Å²) in [5.41, 5.74) is 2.45. The molecule has 5 aromatic heterocycles. The number of rotatable bonds is 9. The third kappa shape index (κ3) is 6.04. The van der Waals surface area contributed by atoms with E-state index in [4.69, 9.17) is 21.3 Å². The Hall–Kier alpha value is -4.28. The van der Waals surface area contributed by atoms with E-state index in [1.54, 1.807) is 18.5 Å². The molecule has 0 aliphatic carbocycles. The summed E-state index contributed by atoms with van der Waals surface area (Å²) in [5.74, 6) is 1.07. The van der Waals surface area contributed by atoms with Crippen molar-refractivity contribution in [1.82, 2.24) is 34.8 Å². The quantitative estimate of drug-likeness (QED) is 0.217. The number of halogens is 1. The van der Waals surface area contributed by atoms with Crippen LogP contribution in [0.5, 0.6) is 5.75 Å². The van der Waals surface area contributed by atoms with E-state index >= 15 is 0 Å². The standard InChI is InChI=1S/C29H23ClN8O4S3/c30-23-10-21(45(40,41)25-14-32-16-44-25)13-34-26(23)22-9-17-11-35-29(37-27(17)38(28(22)39)15-24-33-7-8-43-24)36-18-1-3-19(4-2-18)42-20-5-6-31-12-20/h1-4,7-11,13-14,16,20,31H,5-6,12,15H2,(H,35,36,37). The molecule has 1 aliphatic heterocycles. The van der Waals surface area contributed by atoms with Gasteiger partial charge < -0.3 is 15.4 Å². The SMILES string of the molecule is O=c1c(-c2ncc(S(=O)(=O)c3cncs3)cc2Cl)cc2cnc(Nc3ccc(OC4CCNC4)cc3)nc2n1Cc1nccs1. The third-order valence-electron chi connectivity index (χ3n) is 7.09. The normalized spacial score (nSPS) is 15.0. The molecule has 0 saturated carbocycles. The van der Waals surface area contributed by atoms with Crippen LogP contribution < -0.4 is 20.9 Å². The molecule has 6 aromatic rings. The van der Waals surface area contributed by atoms with E-state index in [2.05, 4.69) is 30.6 Å². The minimum Gasteiger partial charge on any atom is -0.489 e. The summed E-state index contributed by atoms with van der Waals surface area (Å²) in [6.45, 7) is 1.93. The Morgan fingerprint density at radius 3 is 2.67 bits per heavy atom. The molecular weight excluding hydrogens is 656 g/mol. The fourth-order valence-corrected chi connectivity index (χ4v) is 7.99. The van der Waals surface area contributed by atoms with Gasteiger partial charge in [-0.2, -0.15) is 4.98 Å². The van der Waals surface area contributed by atoms with Crippen molar-refractivity contribution in [3.05, 3.63) is 92.5 Å². The second kappa shape index (κ2) is 12.3. The van der Waals surface area contributed by atoms with E-state index in [0.29, 0.717) is 22.0 Å². The third-order valence-corrected chi connectivity index (χ3v) is 11.1. The van der Waals surface area contributed by atoms with E-state index in [0.717, 1.165) is 42.3 Å². The molecule has 1 atom stereocenters. The van der Waals surface area contributed by atoms with Gasteiger partial charge in [0.05, 0.1) is 39.4 Å². The van der Waals surface area contributed by atoms with Gasteiger partial charge in [-0.25, -0.2) is 18.4 Å². The molecule has 0 radical (unpaired) electrons. The van der Waals surface area contributed by atoms with Crippen molar-refractivity contribution in [2.45, 2.75) is 28.2 Å². The van der Waals surface area contributed by atoms with Crippen LogP contribution in [0.1, 0.15) is 11.4 Å². The van der Waals surface area contributed by atoms with Gasteiger partial charge in [-0.1, -0.05) is 11.6 Å². The van der Waals surface area contributed by atoms with Crippen LogP contribution in [-0.2, 0) is 16.4 Å². The van der Waals surface area contributed by atoms with Crippen LogP contribution in [-0.4, -0.2) is 57.1 Å². The monoisotopic (exact) mass is 678 g/mol. The molecule has 16 heteroatoms. The first-order chi connectivity index (χ1) is 21.8. The minimum absolute atomic E-state index is 0.00802. The molecule has 1 aliphatic rings. The Kier molecular flexibility index (Phi) is 8.01. The zero-order chi connectivity index (χ0) is 31.0. The van der Waals surface area contributed by atoms with E-state index in [1.807, 2.05) is 29.6 Å². The van der Waals surface area contributed by atoms with Gasteiger partial charge in [0.25, 0.3) is 5.56 Å². The topological polar surface area (TPSA) is 154 Å². The summed E-state index contributed by atoms with van der Waals surface area (Å²) >= 11 is 8.97. The van der Waals surface area contributed by atoms with Gasteiger partial charge in [0.1, 0.15) is 26.7 Å². The Morgan fingerprint density at radius 1 is 1.09 bits per heavy atom. The van der Waals surface area contributed by atoms with E-state index < -0.39 is 15.4 Å². The van der Waals surface area contributed by atoms with E-state index in [1.165, 1.54) is 39.9 Å². The van der Waals surface area contributed by atoms with Crippen molar-refractivity contribution in [3.63, 3.8) is 0 Å². The van der Waals surface area contributed by atoms with Crippen LogP contribution in [0.2, 0.25) is 5.02 Å². The molecular formula is C29H23ClN8O4S3. The number of hydrogen-bond donors (Lipinski definition) is 2. The van der Waals surface area contributed by atoms with E-state index in [9.17, 15) is 13.2 Å². The van der Waals surface area contributed by atoms with Gasteiger partial charge in [-0.05, 0) is 49.4 Å². The van der Waals surface area contributed by atoms with Crippen molar-refractivity contribution < 1.29 is 13.2 Å². The number of thiazole rings is 2. The molecule has 1 saturated heterocycles. The molecule has 0 bridgehead atoms. The van der Waals surface area contributed by atoms with E-state index in [-0.39, 0.29) is 38.0 Å². The van der Waals surface area contributed by atoms with Gasteiger partial charge in [-0.3, -0.25) is 19.3 Å². The van der Waals surface area contributed by atoms with Crippen molar-refractivity contribution in [2.75, 3.05) is 18.4 Å². The Bertz CT molecular complexity index is 2150. The largest absolute Gasteiger partial charge is 0.489 e. The molecule has 0 amide bonds. The summed E-state index contributed by atoms with van der Waals surface area (Å²) in [6.07, 6.45) is 6.86. The first-order valence-corrected chi connectivity index (χ1v) is 17.3. The maximum absolute atomic E-state index is 14.0. The average molecular weight is 679 g/mol. The highest BCUT2D eigenvalue weighted by atomic mass is 35.5. The molecule has 1 aromatic carbocycles. The van der Waals surface area contributed by atoms with Crippen LogP contribution >= 0.6 is 34.3 Å². The number of sulfone groups is 1. The summed E-state index contributed by atoms with van der Waals surface area (Å²) in [6, 6.07) is 10.4. The summed E-state index contributed by atoms with van der Waals surface area (Å²) in [4.78, 5) is 35.6. The number of aromatic nitrogens is 6. The first kappa shape index (κ1) is 29.4. The number of nitrogens with one attached hydrogen (secondary N) is 2. The maximum atomic E-state index is 14.0. The fraction of sp³-hybridized carbons (Fsp3) is 0.172. The summed E-state index contributed by atoms with van der Waals surface area (Å²) in [7, 11) is -3.86. The lowest BCUT2D eigenvalue weighted by atomic mass is 10.1. The molecule has 6 heterocycles. The Morgan fingerprint density at radius 2 is 1.96 bits per heavy atom. The van der Waals surface area contributed by atoms with Crippen LogP contribution in [0.15, 0.2) is 86.0 Å². The van der Waals surface area contributed by atoms with Crippen LogP contribution in [0.25, 0.3) is 22.3 Å². The number of anilines is 2. The summed E-state index contributed by atoms with van der Waals surface area (Å²) in [5, 5.41) is 9.57. The number of benzene rings is 1. The molecule has 7 rings (SSSR count). The van der Waals surface area contributed by atoms with Crippen molar-refractivity contribution in [3.8, 4) is 17.0 Å². The second-order valence-electron chi connectivity index (χ2n) is 10.1. The Balaban J connectivity index is 1.24. The summed E-state index contributed by atoms with van der Waals surface area (Å²) < 4.78 is 33.5. The van der Waals surface area contributed by atoms with Gasteiger partial charge in [0.2, 0.25) is 15.8 Å². The average Bonchev–Trinajstić information content (AvgIpc) is 3.85. The second-order valence-corrected chi connectivity index (χ2v) is 14.5. The highest BCUT2D eigenvalue weighted by molar-refractivity contribution is 7.93. The number of ether oxygens (including phenoxy) is 1. The lowest BCUT2D eigenvalue weighted by Gasteiger charge is -2.14. The van der Waals surface area contributed by atoms with Crippen molar-refractivity contribution >= 4 is 66.8 Å². The number of nitrogens with zero attached hydrogens (tertiary/aromatic N) is 6. The van der Waals surface area contributed by atoms with Gasteiger partial charge >= 0.3 is 0 Å². The lowest BCUT2D eigenvalue weighted by Crippen LogP contribution is -2.24. The number of fused-ring (bicyclic) bond motifs is 1. The lowest BCUT2D eigenvalue weighted by molar-refractivity contribution is 0.223. The van der Waals surface area contributed by atoms with Gasteiger partial charge in [0.15, 0.2) is 0 Å². The highest BCUT2D eigenvalue weighted by Gasteiger charge is 2.23. The molecule has 2 N–H and O–H groups in total. The van der Waals surface area contributed by atoms with Crippen LogP contribution in [0.4, 0.5) is 11.6 Å². The zero-order valence-electron chi connectivity index (χ0n) is 23.3. The van der Waals surface area contributed by atoms with Crippen LogP contribution in [0.3, 0.4) is 0 Å². The predicted molar refractivity (Wildman–Crippen MR) is 172 cm³/mol. The van der Waals surface area contributed by atoms with Crippen molar-refractivity contribution in [1.29, 1.82) is 0 Å². The maximum Gasteiger partial charge on any atom is 0.262 e. The minimum atomic E-state index is -3.86. The smallest absolute Gasteiger partial charge is 0.262 e. The molecule has 0 spiro atoms. The van der Waals surface area contributed by atoms with Gasteiger partial charge in [0, 0.05) is 41.6 Å². The zero-order valence-corrected chi connectivity index (χ0v) is 26.5. The molecule has 45 heavy (non-hydrogen) atoms. The molecule has 1 unspecified atom stereocenters. The van der Waals surface area contributed by atoms with Crippen molar-refractivity contribution in [2.24, 2.45) is 0 Å². The number of hydrogen-bond acceptors (Lipinski definition) is 13. The highest BCUT2D eigenvalue weighted by Crippen LogP contribution is 2.31. The Labute approximate surface area is 269 Å². The van der Waals surface area contributed by atoms with Gasteiger partial charge in [-0.15, -0.1) is 22.7 Å². The molecule has 228 valence electrons.